The third-order valence-corrected chi connectivity index (χ3v) is 9.06. The maximum atomic E-state index is 16.2. The van der Waals surface area contributed by atoms with Gasteiger partial charge in [-0.25, -0.2) is 70.8 Å². The average Bonchev–Trinajstić information content (AvgIpc) is 3.15. The van der Waals surface area contributed by atoms with Crippen LogP contribution in [-0.2, 0) is 0 Å². The van der Waals surface area contributed by atoms with Crippen molar-refractivity contribution < 1.29 is 70.8 Å². The molecular formula is C35H19BF15N. The molecule has 0 aliphatic carbocycles. The van der Waals surface area contributed by atoms with Crippen LogP contribution in [0.3, 0.4) is 0 Å². The van der Waals surface area contributed by atoms with Gasteiger partial charge in [0.15, 0.2) is 64.1 Å². The molecule has 52 heavy (non-hydrogen) atoms. The molecule has 0 unspecified atom stereocenters. The van der Waals surface area contributed by atoms with Crippen molar-refractivity contribution in [3.05, 3.63) is 159 Å². The van der Waals surface area contributed by atoms with Gasteiger partial charge in [-0.2, -0.15) is 0 Å². The maximum absolute atomic E-state index is 16.2. The Hall–Kier alpha value is -5.22. The molecule has 5 rings (SSSR count). The van der Waals surface area contributed by atoms with Crippen LogP contribution in [-0.4, -0.2) is 11.9 Å². The van der Waals surface area contributed by atoms with E-state index in [0.29, 0.717) is 12.5 Å². The zero-order valence-electron chi connectivity index (χ0n) is 26.2. The SMILES string of the molecule is C[C@H]([NH+]=C(c1ccccc1)[C@@H](C)[B-](c1c(F)c(F)c(F)c(F)c1F)(c1c(F)c(F)c(F)c(F)c1F)c1c(F)c(F)c(F)c(F)c1F)c1ccccc1. The largest absolute Gasteiger partial charge is 0.241 e. The minimum Gasteiger partial charge on any atom is -0.241 e. The summed E-state index contributed by atoms with van der Waals surface area (Å²) in [6, 6.07) is 12.6. The fraction of sp³-hybridized carbons (Fsp3) is 0.114. The fourth-order valence-electron chi connectivity index (χ4n) is 6.65. The van der Waals surface area contributed by atoms with E-state index in [2.05, 4.69) is 4.99 Å². The van der Waals surface area contributed by atoms with Gasteiger partial charge in [-0.3, -0.25) is 0 Å². The first-order valence-electron chi connectivity index (χ1n) is 14.9. The van der Waals surface area contributed by atoms with Gasteiger partial charge < -0.3 is 0 Å². The molecule has 0 saturated carbocycles. The highest BCUT2D eigenvalue weighted by molar-refractivity contribution is 7.14. The Bertz CT molecular complexity index is 1990. The molecule has 5 aromatic carbocycles. The number of hydrogen-bond acceptors (Lipinski definition) is 0. The van der Waals surface area contributed by atoms with Crippen LogP contribution >= 0.6 is 0 Å². The lowest BCUT2D eigenvalue weighted by atomic mass is 9.09. The van der Waals surface area contributed by atoms with E-state index >= 15 is 52.7 Å². The predicted molar refractivity (Wildman–Crippen MR) is 159 cm³/mol. The second-order valence-electron chi connectivity index (χ2n) is 11.7. The third kappa shape index (κ3) is 5.69. The van der Waals surface area contributed by atoms with Crippen molar-refractivity contribution in [2.75, 3.05) is 0 Å². The fourth-order valence-corrected chi connectivity index (χ4v) is 6.65. The zero-order valence-corrected chi connectivity index (χ0v) is 26.2. The highest BCUT2D eigenvalue weighted by atomic mass is 19.2. The van der Waals surface area contributed by atoms with Crippen LogP contribution in [0, 0.1) is 87.3 Å². The van der Waals surface area contributed by atoms with E-state index in [0.717, 1.165) is 12.1 Å². The van der Waals surface area contributed by atoms with E-state index in [-0.39, 0.29) is 5.56 Å². The summed E-state index contributed by atoms with van der Waals surface area (Å²) in [6.07, 6.45) is -5.87. The molecule has 0 aliphatic rings. The molecule has 0 heterocycles. The summed E-state index contributed by atoms with van der Waals surface area (Å²) in [7, 11) is 0. The average molecular weight is 749 g/mol. The van der Waals surface area contributed by atoms with Crippen LogP contribution in [0.5, 0.6) is 0 Å². The second kappa shape index (κ2) is 14.1. The van der Waals surface area contributed by atoms with Crippen LogP contribution in [0.4, 0.5) is 65.9 Å². The first-order chi connectivity index (χ1) is 24.4. The van der Waals surface area contributed by atoms with Gasteiger partial charge in [-0.1, -0.05) is 61.3 Å². The predicted octanol–water partition coefficient (Wildman–Crippen LogP) is 6.96. The summed E-state index contributed by atoms with van der Waals surface area (Å²) < 4.78 is 231. The Morgan fingerprint density at radius 1 is 0.404 bits per heavy atom. The van der Waals surface area contributed by atoms with Crippen LogP contribution < -0.4 is 21.4 Å². The van der Waals surface area contributed by atoms with Gasteiger partial charge in [-0.15, -0.1) is 16.4 Å². The lowest BCUT2D eigenvalue weighted by Gasteiger charge is -2.47. The summed E-state index contributed by atoms with van der Waals surface area (Å²) >= 11 is 0. The number of rotatable bonds is 8. The topological polar surface area (TPSA) is 14.0 Å². The maximum Gasteiger partial charge on any atom is 0.200 e. The molecule has 0 radical (unpaired) electrons. The Morgan fingerprint density at radius 2 is 0.673 bits per heavy atom. The molecule has 2 atom stereocenters. The van der Waals surface area contributed by atoms with Crippen molar-refractivity contribution in [1.29, 1.82) is 0 Å². The first kappa shape index (κ1) is 38.0. The van der Waals surface area contributed by atoms with Crippen LogP contribution in [0.25, 0.3) is 0 Å². The van der Waals surface area contributed by atoms with Gasteiger partial charge >= 0.3 is 0 Å². The van der Waals surface area contributed by atoms with E-state index < -0.39 is 127 Å². The number of nitrogens with one attached hydrogen (secondary N) is 1. The van der Waals surface area contributed by atoms with Gasteiger partial charge in [0.05, 0.1) is 0 Å². The minimum absolute atomic E-state index is 0.263. The number of benzene rings is 5. The molecular weight excluding hydrogens is 730 g/mol. The Labute approximate surface area is 284 Å². The monoisotopic (exact) mass is 749 g/mol. The van der Waals surface area contributed by atoms with Crippen molar-refractivity contribution in [3.63, 3.8) is 0 Å². The molecule has 1 N–H and O–H groups in total. The van der Waals surface area contributed by atoms with Crippen molar-refractivity contribution in [2.24, 2.45) is 0 Å². The molecule has 17 heteroatoms. The van der Waals surface area contributed by atoms with E-state index in [1.54, 1.807) is 6.07 Å². The quantitative estimate of drug-likeness (QED) is 0.0580. The molecule has 1 nitrogen and oxygen atoms in total. The molecule has 272 valence electrons. The normalized spacial score (nSPS) is 13.4. The molecule has 5 aromatic rings. The summed E-state index contributed by atoms with van der Waals surface area (Å²) in [5.74, 6) is -48.3. The highest BCUT2D eigenvalue weighted by Crippen LogP contribution is 2.35. The molecule has 0 aliphatic heterocycles. The van der Waals surface area contributed by atoms with Gasteiger partial charge in [0, 0.05) is 18.1 Å². The highest BCUT2D eigenvalue weighted by Gasteiger charge is 2.53. The van der Waals surface area contributed by atoms with E-state index in [9.17, 15) is 13.2 Å². The summed E-state index contributed by atoms with van der Waals surface area (Å²) in [5.41, 5.74) is -8.65. The van der Waals surface area contributed by atoms with Crippen LogP contribution in [0.15, 0.2) is 60.7 Å². The zero-order chi connectivity index (χ0) is 38.6. The lowest BCUT2D eigenvalue weighted by molar-refractivity contribution is -0.505. The smallest absolute Gasteiger partial charge is 0.200 e. The van der Waals surface area contributed by atoms with Crippen molar-refractivity contribution in [2.45, 2.75) is 25.7 Å². The first-order valence-corrected chi connectivity index (χ1v) is 14.9. The second-order valence-corrected chi connectivity index (χ2v) is 11.7. The van der Waals surface area contributed by atoms with Gasteiger partial charge in [0.25, 0.3) is 0 Å². The van der Waals surface area contributed by atoms with Crippen molar-refractivity contribution >= 4 is 28.2 Å². The van der Waals surface area contributed by atoms with Crippen LogP contribution in [0.1, 0.15) is 31.0 Å². The molecule has 0 fully saturated rings. The summed E-state index contributed by atoms with van der Waals surface area (Å²) in [4.78, 5) is 2.72. The lowest BCUT2D eigenvalue weighted by Crippen LogP contribution is -2.81. The Morgan fingerprint density at radius 3 is 0.981 bits per heavy atom. The number of hydrogen-bond donors (Lipinski definition) is 1. The Kier molecular flexibility index (Phi) is 10.3. The molecule has 0 amide bonds. The summed E-state index contributed by atoms with van der Waals surface area (Å²) in [6.45, 7) is 1.91. The van der Waals surface area contributed by atoms with Gasteiger partial charge in [-0.05, 0) is 12.1 Å². The van der Waals surface area contributed by atoms with Crippen molar-refractivity contribution in [3.8, 4) is 0 Å². The van der Waals surface area contributed by atoms with E-state index in [1.165, 1.54) is 49.4 Å². The molecule has 0 saturated heterocycles. The molecule has 0 spiro atoms. The van der Waals surface area contributed by atoms with Crippen LogP contribution in [0.2, 0.25) is 5.82 Å². The molecule has 0 bridgehead atoms. The Balaban J connectivity index is 2.19. The van der Waals surface area contributed by atoms with Gasteiger partial charge in [0.1, 0.15) is 41.0 Å². The van der Waals surface area contributed by atoms with E-state index in [1.807, 2.05) is 0 Å². The number of halogens is 15. The summed E-state index contributed by atoms with van der Waals surface area (Å²) in [5, 5.41) is 0. The standard InChI is InChI=1S/C35H18BF15N/c1-13(35(16-11-7-4-8-12-16)52-14(2)15-9-5-3-6-10-15)36(17-20(37)26(43)32(49)27(44)21(17)38,18-22(39)28(45)33(50)29(46)23(18)40)19-24(41)30(47)34(51)31(48)25(19)42/h3-14H,1-2H3/q-1/p+1/t13-,14+/m1/s1. The van der Waals surface area contributed by atoms with E-state index in [4.69, 9.17) is 0 Å². The van der Waals surface area contributed by atoms with Gasteiger partial charge in [0.2, 0.25) is 0 Å². The van der Waals surface area contributed by atoms with Crippen molar-refractivity contribution in [1.82, 2.24) is 0 Å². The minimum atomic E-state index is -5.87. The molecule has 0 aromatic heterocycles. The third-order valence-electron chi connectivity index (χ3n) is 9.06.